The van der Waals surface area contributed by atoms with E-state index in [2.05, 4.69) is 23.9 Å². The van der Waals surface area contributed by atoms with Gasteiger partial charge in [0.25, 0.3) is 0 Å². The van der Waals surface area contributed by atoms with Crippen molar-refractivity contribution in [3.05, 3.63) is 12.1 Å². The Bertz CT molecular complexity index is 462. The number of anilines is 1. The van der Waals surface area contributed by atoms with Gasteiger partial charge in [0, 0.05) is 26.2 Å². The van der Waals surface area contributed by atoms with Crippen LogP contribution in [0.25, 0.3) is 11.2 Å². The van der Waals surface area contributed by atoms with E-state index < -0.39 is 0 Å². The molecule has 0 radical (unpaired) electrons. The van der Waals surface area contributed by atoms with Crippen molar-refractivity contribution < 1.29 is 0 Å². The minimum Gasteiger partial charge on any atom is -0.354 e. The van der Waals surface area contributed by atoms with Crippen molar-refractivity contribution in [2.45, 2.75) is 0 Å². The van der Waals surface area contributed by atoms with Crippen LogP contribution in [0.3, 0.4) is 0 Å². The lowest BCUT2D eigenvalue weighted by molar-refractivity contribution is 0.585. The Morgan fingerprint density at radius 2 is 2.07 bits per heavy atom. The Kier molecular flexibility index (Phi) is 2.22. The number of hydrogen-bond donors (Lipinski definition) is 1. The van der Waals surface area contributed by atoms with E-state index in [1.807, 2.05) is 12.1 Å². The van der Waals surface area contributed by atoms with E-state index >= 15 is 0 Å². The maximum atomic E-state index is 4.49. The number of hydrogen-bond acceptors (Lipinski definition) is 6. The quantitative estimate of drug-likeness (QED) is 0.760. The molecular formula is C9H11N5S. The Balaban J connectivity index is 1.95. The summed E-state index contributed by atoms with van der Waals surface area (Å²) in [6, 6.07) is 4.01. The van der Waals surface area contributed by atoms with E-state index in [1.165, 1.54) is 11.7 Å². The molecule has 2 aromatic heterocycles. The molecule has 15 heavy (non-hydrogen) atoms. The second-order valence-corrected chi connectivity index (χ2v) is 4.04. The molecule has 0 aliphatic carbocycles. The van der Waals surface area contributed by atoms with Gasteiger partial charge in [-0.2, -0.15) is 8.75 Å². The Morgan fingerprint density at radius 1 is 1.20 bits per heavy atom. The van der Waals surface area contributed by atoms with E-state index in [-0.39, 0.29) is 0 Å². The molecule has 0 bridgehead atoms. The fourth-order valence-corrected chi connectivity index (χ4v) is 2.23. The highest BCUT2D eigenvalue weighted by Crippen LogP contribution is 2.16. The number of rotatable bonds is 1. The molecule has 6 heteroatoms. The summed E-state index contributed by atoms with van der Waals surface area (Å²) in [5.41, 5.74) is 1.65. The second-order valence-electron chi connectivity index (χ2n) is 3.51. The topological polar surface area (TPSA) is 53.9 Å². The van der Waals surface area contributed by atoms with Crippen LogP contribution in [-0.4, -0.2) is 39.9 Å². The fourth-order valence-electron chi connectivity index (χ4n) is 1.74. The molecule has 3 rings (SSSR count). The molecule has 0 saturated carbocycles. The van der Waals surface area contributed by atoms with Crippen molar-refractivity contribution in [1.29, 1.82) is 0 Å². The highest BCUT2D eigenvalue weighted by Gasteiger charge is 2.12. The first-order chi connectivity index (χ1) is 7.43. The molecule has 5 nitrogen and oxygen atoms in total. The first-order valence-electron chi connectivity index (χ1n) is 4.98. The Labute approximate surface area is 91.5 Å². The lowest BCUT2D eigenvalue weighted by Gasteiger charge is -2.28. The van der Waals surface area contributed by atoms with Gasteiger partial charge in [0.2, 0.25) is 0 Å². The predicted molar refractivity (Wildman–Crippen MR) is 60.3 cm³/mol. The summed E-state index contributed by atoms with van der Waals surface area (Å²) in [4.78, 5) is 6.77. The van der Waals surface area contributed by atoms with E-state index in [4.69, 9.17) is 0 Å². The van der Waals surface area contributed by atoms with Gasteiger partial charge in [0.15, 0.2) is 5.65 Å². The molecule has 1 saturated heterocycles. The molecule has 1 N–H and O–H groups in total. The minimum atomic E-state index is 0.760. The molecule has 1 fully saturated rings. The Hall–Kier alpha value is -1.27. The highest BCUT2D eigenvalue weighted by atomic mass is 32.1. The molecule has 0 aromatic carbocycles. The standard InChI is InChI=1S/C9H11N5S/c1-2-8(14-5-3-10-4-6-14)11-9-7(1)12-15-13-9/h1-2,10H,3-6H2. The number of piperazine rings is 1. The van der Waals surface area contributed by atoms with Crippen LogP contribution in [0.5, 0.6) is 0 Å². The van der Waals surface area contributed by atoms with Crippen molar-refractivity contribution in [3.63, 3.8) is 0 Å². The first-order valence-corrected chi connectivity index (χ1v) is 5.71. The summed E-state index contributed by atoms with van der Waals surface area (Å²) in [5, 5.41) is 3.32. The summed E-state index contributed by atoms with van der Waals surface area (Å²) < 4.78 is 8.29. The van der Waals surface area contributed by atoms with Crippen LogP contribution in [0.1, 0.15) is 0 Å². The third-order valence-corrected chi connectivity index (χ3v) is 3.08. The van der Waals surface area contributed by atoms with Crippen LogP contribution < -0.4 is 10.2 Å². The van der Waals surface area contributed by atoms with Crippen LogP contribution in [0, 0.1) is 0 Å². The van der Waals surface area contributed by atoms with Crippen LogP contribution in [0.15, 0.2) is 12.1 Å². The van der Waals surface area contributed by atoms with Gasteiger partial charge in [-0.3, -0.25) is 0 Å². The number of pyridine rings is 1. The summed E-state index contributed by atoms with van der Waals surface area (Å²) >= 11 is 1.21. The SMILES string of the molecule is c1cc2nsnc2nc1N1CCNCC1. The largest absolute Gasteiger partial charge is 0.354 e. The third kappa shape index (κ3) is 1.66. The van der Waals surface area contributed by atoms with E-state index in [9.17, 15) is 0 Å². The third-order valence-electron chi connectivity index (χ3n) is 2.55. The molecule has 1 aliphatic rings. The Morgan fingerprint density at radius 3 is 2.93 bits per heavy atom. The van der Waals surface area contributed by atoms with Gasteiger partial charge < -0.3 is 10.2 Å². The molecule has 1 aliphatic heterocycles. The van der Waals surface area contributed by atoms with Gasteiger partial charge in [-0.1, -0.05) is 0 Å². The van der Waals surface area contributed by atoms with Crippen LogP contribution in [-0.2, 0) is 0 Å². The monoisotopic (exact) mass is 221 g/mol. The lowest BCUT2D eigenvalue weighted by atomic mass is 10.3. The summed E-state index contributed by atoms with van der Waals surface area (Å²) in [7, 11) is 0. The summed E-state index contributed by atoms with van der Waals surface area (Å²) in [6.07, 6.45) is 0. The predicted octanol–water partition coefficient (Wildman–Crippen LogP) is 0.496. The van der Waals surface area contributed by atoms with Gasteiger partial charge in [0.1, 0.15) is 11.3 Å². The molecule has 0 atom stereocenters. The number of nitrogens with zero attached hydrogens (tertiary/aromatic N) is 4. The van der Waals surface area contributed by atoms with Crippen molar-refractivity contribution >= 4 is 28.7 Å². The van der Waals surface area contributed by atoms with Gasteiger partial charge in [-0.05, 0) is 12.1 Å². The smallest absolute Gasteiger partial charge is 0.195 e. The van der Waals surface area contributed by atoms with E-state index in [0.717, 1.165) is 43.2 Å². The normalized spacial score (nSPS) is 17.2. The van der Waals surface area contributed by atoms with Gasteiger partial charge >= 0.3 is 0 Å². The maximum absolute atomic E-state index is 4.49. The van der Waals surface area contributed by atoms with Gasteiger partial charge in [0.05, 0.1) is 11.7 Å². The first kappa shape index (κ1) is 8.99. The minimum absolute atomic E-state index is 0.760. The molecule has 0 amide bonds. The van der Waals surface area contributed by atoms with Crippen LogP contribution in [0.4, 0.5) is 5.82 Å². The molecule has 3 heterocycles. The van der Waals surface area contributed by atoms with E-state index in [0.29, 0.717) is 0 Å². The highest BCUT2D eigenvalue weighted by molar-refractivity contribution is 7.00. The number of nitrogens with one attached hydrogen (secondary N) is 1. The molecule has 0 spiro atoms. The summed E-state index contributed by atoms with van der Waals surface area (Å²) in [5.74, 6) is 1.01. The zero-order chi connectivity index (χ0) is 10.1. The van der Waals surface area contributed by atoms with E-state index in [1.54, 1.807) is 0 Å². The molecule has 2 aromatic rings. The average Bonchev–Trinajstić information content (AvgIpc) is 2.77. The lowest BCUT2D eigenvalue weighted by Crippen LogP contribution is -2.43. The van der Waals surface area contributed by atoms with Crippen molar-refractivity contribution in [1.82, 2.24) is 19.0 Å². The van der Waals surface area contributed by atoms with Gasteiger partial charge in [-0.15, -0.1) is 0 Å². The van der Waals surface area contributed by atoms with Gasteiger partial charge in [-0.25, -0.2) is 4.98 Å². The fraction of sp³-hybridized carbons (Fsp3) is 0.444. The molecule has 0 unspecified atom stereocenters. The zero-order valence-corrected chi connectivity index (χ0v) is 9.00. The average molecular weight is 221 g/mol. The zero-order valence-electron chi connectivity index (χ0n) is 8.18. The maximum Gasteiger partial charge on any atom is 0.195 e. The second kappa shape index (κ2) is 3.71. The molecule has 78 valence electrons. The number of aromatic nitrogens is 3. The number of fused-ring (bicyclic) bond motifs is 1. The van der Waals surface area contributed by atoms with Crippen molar-refractivity contribution in [2.75, 3.05) is 31.1 Å². The van der Waals surface area contributed by atoms with Crippen molar-refractivity contribution in [2.24, 2.45) is 0 Å². The summed E-state index contributed by atoms with van der Waals surface area (Å²) in [6.45, 7) is 4.07. The van der Waals surface area contributed by atoms with Crippen LogP contribution in [0.2, 0.25) is 0 Å². The van der Waals surface area contributed by atoms with Crippen molar-refractivity contribution in [3.8, 4) is 0 Å². The molecular weight excluding hydrogens is 210 g/mol. The van der Waals surface area contributed by atoms with Crippen LogP contribution >= 0.6 is 11.7 Å².